The predicted octanol–water partition coefficient (Wildman–Crippen LogP) is 4.66. The third-order valence-corrected chi connectivity index (χ3v) is 13.0. The van der Waals surface area contributed by atoms with Gasteiger partial charge in [-0.25, -0.2) is 9.97 Å². The molecule has 4 amide bonds. The van der Waals surface area contributed by atoms with Crippen LogP contribution in [-0.2, 0) is 20.9 Å². The van der Waals surface area contributed by atoms with Gasteiger partial charge in [-0.2, -0.15) is 5.26 Å². The van der Waals surface area contributed by atoms with Crippen LogP contribution in [0.3, 0.4) is 0 Å². The van der Waals surface area contributed by atoms with Gasteiger partial charge in [-0.15, -0.1) is 0 Å². The van der Waals surface area contributed by atoms with Crippen molar-refractivity contribution in [2.45, 2.75) is 101 Å². The van der Waals surface area contributed by atoms with Gasteiger partial charge in [-0.05, 0) is 80.7 Å². The molecular formula is C44H51ClN8O7. The maximum atomic E-state index is 13.3. The van der Waals surface area contributed by atoms with Gasteiger partial charge in [-0.3, -0.25) is 29.4 Å². The van der Waals surface area contributed by atoms with Gasteiger partial charge in [0, 0.05) is 82.8 Å². The summed E-state index contributed by atoms with van der Waals surface area (Å²) in [4.78, 5) is 65.9. The summed E-state index contributed by atoms with van der Waals surface area (Å²) < 4.78 is 17.9. The van der Waals surface area contributed by atoms with E-state index in [1.54, 1.807) is 48.7 Å². The molecule has 316 valence electrons. The molecule has 2 aromatic carbocycles. The number of imide groups is 1. The number of hydrogen-bond acceptors (Lipinski definition) is 12. The van der Waals surface area contributed by atoms with Crippen LogP contribution < -0.4 is 25.0 Å². The molecule has 1 atom stereocenters. The average molecular weight is 839 g/mol. The Morgan fingerprint density at radius 1 is 0.967 bits per heavy atom. The lowest BCUT2D eigenvalue weighted by atomic mass is 9.86. The van der Waals surface area contributed by atoms with Crippen molar-refractivity contribution in [2.24, 2.45) is 5.92 Å². The number of anilines is 1. The zero-order valence-corrected chi connectivity index (χ0v) is 34.6. The van der Waals surface area contributed by atoms with Crippen molar-refractivity contribution < 1.29 is 33.4 Å². The summed E-state index contributed by atoms with van der Waals surface area (Å²) in [6, 6.07) is 12.5. The van der Waals surface area contributed by atoms with E-state index in [9.17, 15) is 19.2 Å². The number of benzene rings is 2. The Labute approximate surface area is 354 Å². The second-order valence-electron chi connectivity index (χ2n) is 16.6. The number of hydrogen-bond donors (Lipinski definition) is 2. The number of nitriles is 1. The number of halogens is 1. The zero-order chi connectivity index (χ0) is 41.8. The van der Waals surface area contributed by atoms with Gasteiger partial charge >= 0.3 is 0 Å². The lowest BCUT2D eigenvalue weighted by molar-refractivity contribution is -0.136. The van der Waals surface area contributed by atoms with Crippen molar-refractivity contribution >= 4 is 41.0 Å². The fourth-order valence-electron chi connectivity index (χ4n) is 9.08. The van der Waals surface area contributed by atoms with Crippen molar-refractivity contribution in [3.05, 3.63) is 76.2 Å². The van der Waals surface area contributed by atoms with E-state index < -0.39 is 11.9 Å². The monoisotopic (exact) mass is 838 g/mol. The van der Waals surface area contributed by atoms with Crippen LogP contribution in [0.5, 0.6) is 11.5 Å². The first kappa shape index (κ1) is 41.4. The van der Waals surface area contributed by atoms with Crippen molar-refractivity contribution in [1.29, 1.82) is 5.26 Å². The number of rotatable bonds is 14. The summed E-state index contributed by atoms with van der Waals surface area (Å²) in [5, 5.41) is 14.9. The molecule has 3 aliphatic heterocycles. The number of methoxy groups -OCH3 is 1. The highest BCUT2D eigenvalue weighted by molar-refractivity contribution is 6.31. The Morgan fingerprint density at radius 3 is 2.42 bits per heavy atom. The van der Waals surface area contributed by atoms with Crippen molar-refractivity contribution in [3.63, 3.8) is 0 Å². The van der Waals surface area contributed by atoms with E-state index in [0.29, 0.717) is 64.9 Å². The smallest absolute Gasteiger partial charge is 0.271 e. The van der Waals surface area contributed by atoms with Crippen LogP contribution in [0.25, 0.3) is 0 Å². The second kappa shape index (κ2) is 18.5. The molecule has 4 fully saturated rings. The lowest BCUT2D eigenvalue weighted by Crippen LogP contribution is -2.52. The molecule has 16 heteroatoms. The maximum Gasteiger partial charge on any atom is 0.271 e. The van der Waals surface area contributed by atoms with Gasteiger partial charge in [0.05, 0.1) is 35.7 Å². The van der Waals surface area contributed by atoms with E-state index >= 15 is 0 Å². The second-order valence-corrected chi connectivity index (χ2v) is 17.0. The van der Waals surface area contributed by atoms with Gasteiger partial charge < -0.3 is 29.3 Å². The Morgan fingerprint density at radius 2 is 1.72 bits per heavy atom. The van der Waals surface area contributed by atoms with Crippen LogP contribution in [-0.4, -0.2) is 114 Å². The molecule has 60 heavy (non-hydrogen) atoms. The minimum Gasteiger partial charge on any atom is -0.490 e. The first-order chi connectivity index (χ1) is 29.1. The number of ether oxygens (including phenoxy) is 3. The standard InChI is InChI=1S/C44H51ClN8O7/c1-58-17-16-52(31-18-35(19-31)60-33-7-3-29-26-53(44(57)36(29)20-33)39-10-11-41(54)50-43(39)56)25-27-12-14-51(15-13-27)40-24-47-38(23-48-40)42(55)49-30-4-8-32(9-5-30)59-34-6-2-28(22-46)37(45)21-34/h2-3,6-7,20-21,23-24,27,30-32,35,39H,4-5,8-19,25-26H2,1H3,(H,49,55)(H,50,54,56)/t30-,31-,32-,35-,39?. The highest BCUT2D eigenvalue weighted by atomic mass is 35.5. The molecule has 15 nitrogen and oxygen atoms in total. The summed E-state index contributed by atoms with van der Waals surface area (Å²) in [7, 11) is 1.73. The number of amides is 4. The Hall–Kier alpha value is -5.30. The molecule has 5 aliphatic rings. The fraction of sp³-hybridized carbons (Fsp3) is 0.523. The summed E-state index contributed by atoms with van der Waals surface area (Å²) in [5.41, 5.74) is 2.13. The molecular weight excluding hydrogens is 788 g/mol. The molecule has 1 unspecified atom stereocenters. The molecule has 2 saturated carbocycles. The third kappa shape index (κ3) is 9.51. The van der Waals surface area contributed by atoms with Gasteiger partial charge in [0.25, 0.3) is 11.8 Å². The molecule has 2 saturated heterocycles. The normalized spacial score (nSPS) is 24.4. The first-order valence-electron chi connectivity index (χ1n) is 21.1. The molecule has 3 aromatic rings. The van der Waals surface area contributed by atoms with Crippen LogP contribution >= 0.6 is 11.6 Å². The van der Waals surface area contributed by atoms with E-state index in [0.717, 1.165) is 88.9 Å². The number of carbonyl (C=O) groups excluding carboxylic acids is 4. The highest BCUT2D eigenvalue weighted by Crippen LogP contribution is 2.35. The molecule has 1 aromatic heterocycles. The van der Waals surface area contributed by atoms with Crippen LogP contribution in [0.2, 0.25) is 5.02 Å². The quantitative estimate of drug-likeness (QED) is 0.215. The number of piperidine rings is 2. The van der Waals surface area contributed by atoms with Gasteiger partial charge in [-0.1, -0.05) is 17.7 Å². The molecule has 2 aliphatic carbocycles. The minimum absolute atomic E-state index is 0.0192. The minimum atomic E-state index is -0.639. The molecule has 2 N–H and O–H groups in total. The van der Waals surface area contributed by atoms with Crippen LogP contribution in [0.15, 0.2) is 48.8 Å². The van der Waals surface area contributed by atoms with Crippen LogP contribution in [0.4, 0.5) is 5.82 Å². The lowest BCUT2D eigenvalue weighted by Gasteiger charge is -2.45. The van der Waals surface area contributed by atoms with Crippen molar-refractivity contribution in [2.75, 3.05) is 44.8 Å². The highest BCUT2D eigenvalue weighted by Gasteiger charge is 2.40. The zero-order valence-electron chi connectivity index (χ0n) is 33.8. The number of aromatic nitrogens is 2. The number of fused-ring (bicyclic) bond motifs is 1. The predicted molar refractivity (Wildman–Crippen MR) is 221 cm³/mol. The summed E-state index contributed by atoms with van der Waals surface area (Å²) >= 11 is 6.16. The molecule has 0 spiro atoms. The maximum absolute atomic E-state index is 13.3. The van der Waals surface area contributed by atoms with Crippen LogP contribution in [0, 0.1) is 17.2 Å². The van der Waals surface area contributed by atoms with E-state index in [2.05, 4.69) is 36.5 Å². The average Bonchev–Trinajstić information content (AvgIpc) is 3.56. The van der Waals surface area contributed by atoms with Crippen molar-refractivity contribution in [1.82, 2.24) is 30.4 Å². The molecule has 8 rings (SSSR count). The van der Waals surface area contributed by atoms with Gasteiger partial charge in [0.1, 0.15) is 41.2 Å². The topological polar surface area (TPSA) is 179 Å². The first-order valence-corrected chi connectivity index (χ1v) is 21.4. The third-order valence-electron chi connectivity index (χ3n) is 12.6. The Kier molecular flexibility index (Phi) is 12.8. The van der Waals surface area contributed by atoms with Crippen molar-refractivity contribution in [3.8, 4) is 17.6 Å². The number of carbonyl (C=O) groups is 4. The number of nitrogens with zero attached hydrogens (tertiary/aromatic N) is 6. The fourth-order valence-corrected chi connectivity index (χ4v) is 9.29. The summed E-state index contributed by atoms with van der Waals surface area (Å²) in [6.07, 6.45) is 10.9. The molecule has 0 radical (unpaired) electrons. The Bertz CT molecular complexity index is 2110. The van der Waals surface area contributed by atoms with E-state index in [1.807, 2.05) is 12.1 Å². The van der Waals surface area contributed by atoms with Gasteiger partial charge in [0.15, 0.2) is 0 Å². The summed E-state index contributed by atoms with van der Waals surface area (Å²) in [6.45, 7) is 4.53. The number of nitrogens with one attached hydrogen (secondary N) is 2. The molecule has 4 heterocycles. The SMILES string of the molecule is COCCN(CC1CCN(c2cnc(C(=O)N[C@H]3CC[C@H](Oc4ccc(C#N)c(Cl)c4)CC3)cn2)CC1)[C@H]1C[C@H](Oc2ccc3c(c2)C(=O)N(C2CCC(=O)NC2=O)C3)C1. The summed E-state index contributed by atoms with van der Waals surface area (Å²) in [5.74, 6) is 1.45. The Balaban J connectivity index is 0.760. The largest absolute Gasteiger partial charge is 0.490 e. The molecule has 0 bridgehead atoms. The van der Waals surface area contributed by atoms with Crippen LogP contribution in [0.1, 0.15) is 96.2 Å². The van der Waals surface area contributed by atoms with Gasteiger partial charge in [0.2, 0.25) is 11.8 Å². The van der Waals surface area contributed by atoms with E-state index in [-0.39, 0.29) is 42.4 Å². The van der Waals surface area contributed by atoms with E-state index in [4.69, 9.17) is 31.1 Å². The van der Waals surface area contributed by atoms with E-state index in [1.165, 1.54) is 0 Å².